The van der Waals surface area contributed by atoms with Crippen LogP contribution in [0.5, 0.6) is 5.75 Å². The van der Waals surface area contributed by atoms with E-state index >= 15 is 0 Å². The maximum absolute atomic E-state index is 13.3. The highest BCUT2D eigenvalue weighted by Gasteiger charge is 2.54. The van der Waals surface area contributed by atoms with E-state index in [2.05, 4.69) is 16.0 Å². The largest absolute Gasteiger partial charge is 0.484 e. The number of aliphatic hydroxyl groups excluding tert-OH is 9. The van der Waals surface area contributed by atoms with Gasteiger partial charge in [-0.15, -0.1) is 0 Å². The molecule has 0 aromatic heterocycles. The molecule has 89 heavy (non-hydrogen) atoms. The number of carbonyl (C=O) groups excluding carboxylic acids is 3. The van der Waals surface area contributed by atoms with E-state index < -0.39 is 142 Å². The molecule has 2 aromatic rings. The van der Waals surface area contributed by atoms with Crippen LogP contribution in [0.2, 0.25) is 0 Å². The molecule has 15 atom stereocenters. The normalized spacial score (nSPS) is 27.0. The van der Waals surface area contributed by atoms with Crippen molar-refractivity contribution in [3.63, 3.8) is 0 Å². The fourth-order valence-corrected chi connectivity index (χ4v) is 9.03. The molecule has 0 aliphatic carbocycles. The van der Waals surface area contributed by atoms with Crippen LogP contribution in [0, 0.1) is 0 Å². The predicted molar refractivity (Wildman–Crippen MR) is 303 cm³/mol. The van der Waals surface area contributed by atoms with E-state index in [0.29, 0.717) is 91.5 Å². The minimum absolute atomic E-state index is 0.0381. The molecule has 506 valence electrons. The summed E-state index contributed by atoms with van der Waals surface area (Å²) >= 11 is 0. The van der Waals surface area contributed by atoms with E-state index in [1.165, 1.54) is 6.07 Å². The molecule has 0 bridgehead atoms. The molecule has 3 aliphatic rings. The van der Waals surface area contributed by atoms with Gasteiger partial charge in [0, 0.05) is 25.6 Å². The number of amides is 3. The molecule has 3 amide bonds. The standard InChI is InChI=1S/C57H89N3O29/c1-35(64)60-45-48(70)52(88-57-51(73)53(47(69)41(32-62)86-57)89-56-50(72)49(71)46(68)40(31-61)85-56)42(33-63)87-55(45)83-11-5-9-58-43(65)34-84-39-29-37(36-6-3-2-4-7-36)28-38(30-39)54(74)59-10-13-76-15-17-78-19-21-80-23-25-82-27-26-81-24-22-79-20-18-77-16-14-75-12-8-44(66)67/h2-4,6-7,28-30,40-42,45-53,55-57,61-63,68-73H,5,8-27,31-34H2,1H3,(H,58,65)(H,59,74)(H,60,64)(H,66,67)/t40?,41?,42?,45?,46-,47-,48+,49?,50-,51?,52+,53-,55+,56+,57-/m0/s1. The van der Waals surface area contributed by atoms with Crippen molar-refractivity contribution in [2.45, 2.75) is 112 Å². The van der Waals surface area contributed by atoms with Crippen molar-refractivity contribution >= 4 is 23.7 Å². The number of nitrogens with one attached hydrogen (secondary N) is 3. The molecule has 3 saturated heterocycles. The monoisotopic (exact) mass is 1280 g/mol. The lowest BCUT2D eigenvalue weighted by Gasteiger charge is -2.48. The Hall–Kier alpha value is -4.80. The van der Waals surface area contributed by atoms with Crippen molar-refractivity contribution in [1.82, 2.24) is 16.0 Å². The maximum Gasteiger partial charge on any atom is 0.305 e. The van der Waals surface area contributed by atoms with Gasteiger partial charge < -0.3 is 138 Å². The third kappa shape index (κ3) is 26.4. The Morgan fingerprint density at radius 2 is 1.00 bits per heavy atom. The van der Waals surface area contributed by atoms with E-state index in [1.54, 1.807) is 12.1 Å². The Bertz CT molecular complexity index is 2300. The van der Waals surface area contributed by atoms with Gasteiger partial charge in [0.1, 0.15) is 78.9 Å². The first kappa shape index (κ1) is 74.9. The lowest BCUT2D eigenvalue weighted by Crippen LogP contribution is -2.68. The number of aliphatic hydroxyl groups is 9. The molecule has 0 saturated carbocycles. The average molecular weight is 1280 g/mol. The number of carboxylic acid groups (broad SMARTS) is 1. The number of carbonyl (C=O) groups is 4. The van der Waals surface area contributed by atoms with E-state index in [0.717, 1.165) is 12.5 Å². The Labute approximate surface area is 514 Å². The smallest absolute Gasteiger partial charge is 0.305 e. The van der Waals surface area contributed by atoms with Gasteiger partial charge in [-0.1, -0.05) is 30.3 Å². The summed E-state index contributed by atoms with van der Waals surface area (Å²) in [5.41, 5.74) is 1.73. The minimum atomic E-state index is -1.99. The van der Waals surface area contributed by atoms with Crippen LogP contribution < -0.4 is 20.7 Å². The first-order valence-electron chi connectivity index (χ1n) is 29.4. The average Bonchev–Trinajstić information content (AvgIpc) is 1.03. The van der Waals surface area contributed by atoms with Crippen LogP contribution >= 0.6 is 0 Å². The number of aliphatic carboxylic acids is 1. The minimum Gasteiger partial charge on any atom is -0.484 e. The van der Waals surface area contributed by atoms with Crippen LogP contribution in [0.3, 0.4) is 0 Å². The number of carboxylic acids is 1. The van der Waals surface area contributed by atoms with Crippen LogP contribution in [-0.2, 0) is 80.7 Å². The highest BCUT2D eigenvalue weighted by Crippen LogP contribution is 2.33. The third-order valence-corrected chi connectivity index (χ3v) is 13.6. The Morgan fingerprint density at radius 3 is 1.54 bits per heavy atom. The number of rotatable bonds is 45. The molecule has 13 N–H and O–H groups in total. The van der Waals surface area contributed by atoms with Gasteiger partial charge in [0.25, 0.3) is 11.8 Å². The zero-order valence-electron chi connectivity index (χ0n) is 49.7. The van der Waals surface area contributed by atoms with Crippen molar-refractivity contribution in [2.75, 3.05) is 152 Å². The van der Waals surface area contributed by atoms with Crippen molar-refractivity contribution in [1.29, 1.82) is 0 Å². The van der Waals surface area contributed by atoms with Gasteiger partial charge in [-0.2, -0.15) is 0 Å². The van der Waals surface area contributed by atoms with Gasteiger partial charge in [-0.25, -0.2) is 0 Å². The van der Waals surface area contributed by atoms with E-state index in [1.807, 2.05) is 30.3 Å². The van der Waals surface area contributed by atoms with Crippen molar-refractivity contribution in [2.24, 2.45) is 0 Å². The number of hydrogen-bond acceptors (Lipinski definition) is 28. The van der Waals surface area contributed by atoms with Gasteiger partial charge in [-0.3, -0.25) is 19.2 Å². The number of hydrogen-bond donors (Lipinski definition) is 13. The summed E-state index contributed by atoms with van der Waals surface area (Å²) in [4.78, 5) is 49.1. The molecule has 3 aliphatic heterocycles. The summed E-state index contributed by atoms with van der Waals surface area (Å²) in [6.45, 7) is 4.00. The van der Waals surface area contributed by atoms with E-state index in [9.17, 15) is 65.1 Å². The molecule has 2 aromatic carbocycles. The van der Waals surface area contributed by atoms with E-state index in [-0.39, 0.29) is 63.7 Å². The van der Waals surface area contributed by atoms with Crippen molar-refractivity contribution in [3.8, 4) is 16.9 Å². The quantitative estimate of drug-likeness (QED) is 0.0277. The van der Waals surface area contributed by atoms with Crippen LogP contribution in [0.15, 0.2) is 48.5 Å². The summed E-state index contributed by atoms with van der Waals surface area (Å²) in [5.74, 6) is -2.21. The van der Waals surface area contributed by atoms with Crippen molar-refractivity contribution < 1.29 is 141 Å². The Morgan fingerprint density at radius 1 is 0.494 bits per heavy atom. The van der Waals surface area contributed by atoms with E-state index in [4.69, 9.17) is 76.2 Å². The Balaban J connectivity index is 0.957. The van der Waals surface area contributed by atoms with Gasteiger partial charge in [-0.05, 0) is 35.7 Å². The summed E-state index contributed by atoms with van der Waals surface area (Å²) in [7, 11) is 0. The molecule has 0 spiro atoms. The lowest BCUT2D eigenvalue weighted by molar-refractivity contribution is -0.376. The molecule has 5 rings (SSSR count). The molecular weight excluding hydrogens is 1190 g/mol. The fraction of sp³-hybridized carbons (Fsp3) is 0.719. The highest BCUT2D eigenvalue weighted by atomic mass is 16.8. The van der Waals surface area contributed by atoms with Gasteiger partial charge in [0.15, 0.2) is 25.5 Å². The second-order valence-electron chi connectivity index (χ2n) is 20.3. The predicted octanol–water partition coefficient (Wildman–Crippen LogP) is -4.82. The number of ether oxygens (including phenoxy) is 15. The third-order valence-electron chi connectivity index (χ3n) is 13.6. The van der Waals surface area contributed by atoms with Crippen LogP contribution in [-0.4, -0.2) is 319 Å². The first-order valence-corrected chi connectivity index (χ1v) is 29.4. The summed E-state index contributed by atoms with van der Waals surface area (Å²) < 4.78 is 83.7. The summed E-state index contributed by atoms with van der Waals surface area (Å²) in [5, 5.41) is 112. The molecular formula is C57H89N3O29. The fourth-order valence-electron chi connectivity index (χ4n) is 9.03. The van der Waals surface area contributed by atoms with Crippen LogP contribution in [0.25, 0.3) is 11.1 Å². The van der Waals surface area contributed by atoms with Crippen LogP contribution in [0.1, 0.15) is 30.1 Å². The first-order chi connectivity index (χ1) is 43.1. The Kier molecular flexibility index (Phi) is 35.7. The molecule has 3 fully saturated rings. The zero-order valence-corrected chi connectivity index (χ0v) is 49.7. The highest BCUT2D eigenvalue weighted by molar-refractivity contribution is 5.96. The van der Waals surface area contributed by atoms with Crippen LogP contribution in [0.4, 0.5) is 0 Å². The zero-order chi connectivity index (χ0) is 64.3. The lowest BCUT2D eigenvalue weighted by atomic mass is 9.95. The molecule has 32 nitrogen and oxygen atoms in total. The van der Waals surface area contributed by atoms with Gasteiger partial charge in [0.2, 0.25) is 5.91 Å². The van der Waals surface area contributed by atoms with Gasteiger partial charge in [0.05, 0.1) is 139 Å². The van der Waals surface area contributed by atoms with Gasteiger partial charge >= 0.3 is 5.97 Å². The summed E-state index contributed by atoms with van der Waals surface area (Å²) in [6.07, 6.45) is -23.8. The molecule has 32 heteroatoms. The topological polar surface area (TPSA) is 445 Å². The molecule has 3 heterocycles. The maximum atomic E-state index is 13.3. The SMILES string of the molecule is CC(=O)NC1[C@H](OCCCNC(=O)COc2cc(C(=O)NCCOCCOCCOCCOCCOCCOCCOCCOCCC(=O)O)cc(-c3ccccc3)c2)OC(CO)[C@@H](O[C@@H]2OC(CO)[C@H](O)[C@H](O[C@H]3OC(CO)[C@H](O)C(O)[C@@H]3O)C2O)[C@@H]1O. The molecule has 0 radical (unpaired) electrons. The van der Waals surface area contributed by atoms with Crippen molar-refractivity contribution in [3.05, 3.63) is 54.1 Å². The second-order valence-corrected chi connectivity index (χ2v) is 20.3. The molecule has 6 unspecified atom stereocenters. The second kappa shape index (κ2) is 42.4. The number of benzene rings is 2. The summed E-state index contributed by atoms with van der Waals surface area (Å²) in [6, 6.07) is 12.8.